The molecule has 214 valence electrons. The van der Waals surface area contributed by atoms with Crippen LogP contribution in [0.4, 0.5) is 22.7 Å². The standard InChI is InChI=1S/C35H30N4O4/c1-41-30-19-11-10-18-28(30)37-38-33-34(24-21-22-29(40)32(23-24)42-2)43-31-20-12-9-17-27(31)36-35(33)39(25-13-5-3-6-14-25)26-15-7-4-8-16-26/h3-23,33-34,40H,1-2H3. The van der Waals surface area contributed by atoms with Gasteiger partial charge in [0.15, 0.2) is 23.6 Å². The molecular formula is C35H30N4O4. The fourth-order valence-corrected chi connectivity index (χ4v) is 5.00. The monoisotopic (exact) mass is 570 g/mol. The maximum Gasteiger partial charge on any atom is 0.170 e. The highest BCUT2D eigenvalue weighted by atomic mass is 16.5. The second-order valence-electron chi connectivity index (χ2n) is 9.75. The minimum Gasteiger partial charge on any atom is -0.504 e. The molecule has 0 bridgehead atoms. The van der Waals surface area contributed by atoms with Gasteiger partial charge in [0, 0.05) is 11.4 Å². The first kappa shape index (κ1) is 27.5. The number of methoxy groups -OCH3 is 2. The Hall–Kier alpha value is -5.63. The van der Waals surface area contributed by atoms with Gasteiger partial charge in [-0.15, -0.1) is 0 Å². The predicted molar refractivity (Wildman–Crippen MR) is 168 cm³/mol. The third-order valence-corrected chi connectivity index (χ3v) is 7.07. The molecule has 0 aliphatic carbocycles. The van der Waals surface area contributed by atoms with Gasteiger partial charge in [-0.2, -0.15) is 10.2 Å². The molecule has 43 heavy (non-hydrogen) atoms. The number of amidine groups is 1. The summed E-state index contributed by atoms with van der Waals surface area (Å²) in [4.78, 5) is 7.29. The van der Waals surface area contributed by atoms with Gasteiger partial charge in [-0.25, -0.2) is 4.99 Å². The minimum atomic E-state index is -0.757. The molecule has 8 heteroatoms. The van der Waals surface area contributed by atoms with Crippen LogP contribution in [0.25, 0.3) is 0 Å². The van der Waals surface area contributed by atoms with E-state index in [9.17, 15) is 5.11 Å². The zero-order valence-corrected chi connectivity index (χ0v) is 23.7. The van der Waals surface area contributed by atoms with Crippen LogP contribution in [0.1, 0.15) is 11.7 Å². The highest BCUT2D eigenvalue weighted by molar-refractivity contribution is 6.09. The number of aromatic hydroxyl groups is 1. The van der Waals surface area contributed by atoms with Crippen LogP contribution in [0.5, 0.6) is 23.0 Å². The van der Waals surface area contributed by atoms with E-state index in [2.05, 4.69) is 4.90 Å². The lowest BCUT2D eigenvalue weighted by Gasteiger charge is -2.31. The van der Waals surface area contributed by atoms with Gasteiger partial charge in [0.2, 0.25) is 0 Å². The molecule has 8 nitrogen and oxygen atoms in total. The van der Waals surface area contributed by atoms with Crippen LogP contribution in [0.3, 0.4) is 0 Å². The van der Waals surface area contributed by atoms with Gasteiger partial charge in [-0.1, -0.05) is 66.7 Å². The van der Waals surface area contributed by atoms with E-state index in [0.717, 1.165) is 16.9 Å². The van der Waals surface area contributed by atoms with Crippen molar-refractivity contribution in [3.63, 3.8) is 0 Å². The Morgan fingerprint density at radius 2 is 1.35 bits per heavy atom. The number of aliphatic imine (C=N–C) groups is 1. The van der Waals surface area contributed by atoms with Crippen molar-refractivity contribution in [3.05, 3.63) is 133 Å². The summed E-state index contributed by atoms with van der Waals surface area (Å²) < 4.78 is 17.8. The van der Waals surface area contributed by atoms with Gasteiger partial charge >= 0.3 is 0 Å². The molecular weight excluding hydrogens is 540 g/mol. The molecule has 0 spiro atoms. The van der Waals surface area contributed by atoms with Gasteiger partial charge in [0.05, 0.1) is 14.2 Å². The highest BCUT2D eigenvalue weighted by Crippen LogP contribution is 2.42. The summed E-state index contributed by atoms with van der Waals surface area (Å²) in [5.74, 6) is 2.12. The highest BCUT2D eigenvalue weighted by Gasteiger charge is 2.38. The molecule has 1 aliphatic heterocycles. The average Bonchev–Trinajstić information content (AvgIpc) is 3.22. The Morgan fingerprint density at radius 3 is 2.05 bits per heavy atom. The number of rotatable bonds is 7. The number of benzene rings is 5. The second kappa shape index (κ2) is 12.5. The third-order valence-electron chi connectivity index (χ3n) is 7.07. The Morgan fingerprint density at radius 1 is 0.721 bits per heavy atom. The van der Waals surface area contributed by atoms with E-state index in [-0.39, 0.29) is 5.75 Å². The zero-order chi connectivity index (χ0) is 29.6. The summed E-state index contributed by atoms with van der Waals surface area (Å²) in [6.07, 6.45) is -0.703. The molecule has 0 saturated carbocycles. The Balaban J connectivity index is 1.61. The van der Waals surface area contributed by atoms with Gasteiger partial charge in [0.25, 0.3) is 0 Å². The zero-order valence-electron chi connectivity index (χ0n) is 23.7. The number of hydrogen-bond acceptors (Lipinski definition) is 8. The van der Waals surface area contributed by atoms with Crippen molar-refractivity contribution >= 4 is 28.6 Å². The largest absolute Gasteiger partial charge is 0.504 e. The van der Waals surface area contributed by atoms with E-state index >= 15 is 0 Å². The molecule has 0 fully saturated rings. The van der Waals surface area contributed by atoms with Crippen LogP contribution in [0.15, 0.2) is 143 Å². The summed E-state index contributed by atoms with van der Waals surface area (Å²) in [6.45, 7) is 0. The molecule has 2 atom stereocenters. The average molecular weight is 571 g/mol. The van der Waals surface area contributed by atoms with Crippen molar-refractivity contribution in [1.29, 1.82) is 0 Å². The van der Waals surface area contributed by atoms with Crippen molar-refractivity contribution in [2.45, 2.75) is 12.1 Å². The van der Waals surface area contributed by atoms with Gasteiger partial charge < -0.3 is 19.3 Å². The summed E-state index contributed by atoms with van der Waals surface area (Å²) in [5, 5.41) is 20.0. The SMILES string of the molecule is COc1cc(C2Oc3ccccc3N=C(N(c3ccccc3)c3ccccc3)C2N=Nc2ccccc2OC)ccc1O. The second-order valence-corrected chi connectivity index (χ2v) is 9.75. The number of hydrogen-bond donors (Lipinski definition) is 1. The molecule has 5 aromatic rings. The number of phenols is 1. The van der Waals surface area contributed by atoms with E-state index in [4.69, 9.17) is 29.4 Å². The fourth-order valence-electron chi connectivity index (χ4n) is 5.00. The van der Waals surface area contributed by atoms with Gasteiger partial charge in [-0.3, -0.25) is 4.90 Å². The molecule has 0 radical (unpaired) electrons. The quantitative estimate of drug-likeness (QED) is 0.198. The molecule has 0 saturated heterocycles. The molecule has 0 amide bonds. The summed E-state index contributed by atoms with van der Waals surface area (Å²) in [6, 6.07) is 39.5. The lowest BCUT2D eigenvalue weighted by molar-refractivity contribution is 0.197. The van der Waals surface area contributed by atoms with E-state index in [1.165, 1.54) is 7.11 Å². The number of fused-ring (bicyclic) bond motifs is 1. The molecule has 1 N–H and O–H groups in total. The third kappa shape index (κ3) is 5.76. The van der Waals surface area contributed by atoms with E-state index in [1.54, 1.807) is 25.3 Å². The number of ether oxygens (including phenoxy) is 3. The number of nitrogens with zero attached hydrogens (tertiary/aromatic N) is 4. The van der Waals surface area contributed by atoms with Crippen LogP contribution in [-0.4, -0.2) is 31.2 Å². The molecule has 5 aromatic carbocycles. The van der Waals surface area contributed by atoms with E-state index in [0.29, 0.717) is 34.5 Å². The van der Waals surface area contributed by atoms with Crippen molar-refractivity contribution in [3.8, 4) is 23.0 Å². The Bertz CT molecular complexity index is 1720. The molecule has 6 rings (SSSR count). The first-order valence-corrected chi connectivity index (χ1v) is 13.8. The molecule has 2 unspecified atom stereocenters. The van der Waals surface area contributed by atoms with Crippen LogP contribution < -0.4 is 19.1 Å². The number of para-hydroxylation sites is 5. The first-order valence-electron chi connectivity index (χ1n) is 13.8. The lowest BCUT2D eigenvalue weighted by Crippen LogP contribution is -2.39. The summed E-state index contributed by atoms with van der Waals surface area (Å²) in [7, 11) is 3.12. The van der Waals surface area contributed by atoms with Gasteiger partial charge in [0.1, 0.15) is 28.7 Å². The number of phenolic OH excluding ortho intramolecular Hbond substituents is 1. The van der Waals surface area contributed by atoms with Crippen molar-refractivity contribution in [2.75, 3.05) is 19.1 Å². The normalized spacial score (nSPS) is 16.0. The van der Waals surface area contributed by atoms with Crippen molar-refractivity contribution < 1.29 is 19.3 Å². The maximum atomic E-state index is 10.4. The number of azo groups is 1. The van der Waals surface area contributed by atoms with Crippen LogP contribution in [0.2, 0.25) is 0 Å². The van der Waals surface area contributed by atoms with Gasteiger partial charge in [-0.05, 0) is 66.2 Å². The Labute approximate surface area is 250 Å². The van der Waals surface area contributed by atoms with E-state index < -0.39 is 12.1 Å². The maximum absolute atomic E-state index is 10.4. The van der Waals surface area contributed by atoms with Crippen LogP contribution >= 0.6 is 0 Å². The summed E-state index contributed by atoms with van der Waals surface area (Å²) in [5.41, 5.74) is 3.74. The van der Waals surface area contributed by atoms with Crippen LogP contribution in [0, 0.1) is 0 Å². The van der Waals surface area contributed by atoms with Crippen molar-refractivity contribution in [2.24, 2.45) is 15.2 Å². The smallest absolute Gasteiger partial charge is 0.170 e. The Kier molecular flexibility index (Phi) is 7.99. The topological polar surface area (TPSA) is 88.2 Å². The predicted octanol–water partition coefficient (Wildman–Crippen LogP) is 8.56. The summed E-state index contributed by atoms with van der Waals surface area (Å²) >= 11 is 0. The molecule has 1 aliphatic rings. The first-order chi connectivity index (χ1) is 21.2. The fraction of sp³-hybridized carbons (Fsp3) is 0.114. The van der Waals surface area contributed by atoms with E-state index in [1.807, 2.05) is 109 Å². The molecule has 0 aromatic heterocycles. The van der Waals surface area contributed by atoms with Crippen molar-refractivity contribution in [1.82, 2.24) is 0 Å². The molecule has 1 heterocycles. The minimum absolute atomic E-state index is 0.0246. The number of anilines is 2. The van der Waals surface area contributed by atoms with Crippen LogP contribution in [-0.2, 0) is 0 Å². The lowest BCUT2D eigenvalue weighted by atomic mass is 9.99.